The Balaban J connectivity index is 1.46. The van der Waals surface area contributed by atoms with Gasteiger partial charge < -0.3 is 10.2 Å². The molecule has 2 N–H and O–H groups in total. The average molecular weight is 830 g/mol. The molecule has 0 saturated carbocycles. The SMILES string of the molecule is CCCCCCCCCCCCS(=O)(=O)N/N=C1\N(CC)c2ccccc2C1(C)CCCc1c(CCC)nc2ccccc2c1NC(=O)CCCCCCCCCCC. The maximum atomic E-state index is 13.6. The van der Waals surface area contributed by atoms with E-state index in [9.17, 15) is 13.2 Å². The van der Waals surface area contributed by atoms with E-state index >= 15 is 0 Å². The number of likely N-dealkylation sites (N-methyl/N-ethyl adjacent to an activating group) is 1. The summed E-state index contributed by atoms with van der Waals surface area (Å²) in [7, 11) is -3.59. The lowest BCUT2D eigenvalue weighted by molar-refractivity contribution is -0.116. The van der Waals surface area contributed by atoms with Gasteiger partial charge in [0.05, 0.1) is 22.4 Å². The first kappa shape index (κ1) is 48.2. The fourth-order valence-corrected chi connectivity index (χ4v) is 9.87. The third-order valence-corrected chi connectivity index (χ3v) is 13.5. The van der Waals surface area contributed by atoms with Crippen LogP contribution in [0.5, 0.6) is 0 Å². The van der Waals surface area contributed by atoms with Gasteiger partial charge in [0.1, 0.15) is 5.84 Å². The number of hydrazone groups is 1. The number of fused-ring (bicyclic) bond motifs is 2. The van der Waals surface area contributed by atoms with E-state index in [1.807, 2.05) is 24.3 Å². The number of carbonyl (C=O) groups excluding carboxylic acids is 1. The minimum Gasteiger partial charge on any atom is -0.328 e. The number of hydrogen-bond acceptors (Lipinski definition) is 5. The topological polar surface area (TPSA) is 104 Å². The molecule has 0 radical (unpaired) electrons. The zero-order valence-electron chi connectivity index (χ0n) is 37.7. The highest BCUT2D eigenvalue weighted by Gasteiger charge is 2.44. The Bertz CT molecular complexity index is 1840. The second-order valence-corrected chi connectivity index (χ2v) is 19.1. The van der Waals surface area contributed by atoms with Crippen LogP contribution in [0.3, 0.4) is 0 Å². The first-order chi connectivity index (χ1) is 28.7. The number of benzene rings is 2. The normalized spacial score (nSPS) is 15.9. The molecule has 1 aliphatic rings. The van der Waals surface area contributed by atoms with Crippen LogP contribution in [0.4, 0.5) is 11.4 Å². The molecule has 9 heteroatoms. The third-order valence-electron chi connectivity index (χ3n) is 12.4. The van der Waals surface area contributed by atoms with Crippen LogP contribution >= 0.6 is 0 Å². The Kier molecular flexibility index (Phi) is 21.2. The number of amidine groups is 1. The number of aromatic nitrogens is 1. The van der Waals surface area contributed by atoms with Crippen molar-refractivity contribution in [1.82, 2.24) is 9.82 Å². The van der Waals surface area contributed by atoms with Crippen LogP contribution in [-0.4, -0.2) is 37.4 Å². The van der Waals surface area contributed by atoms with E-state index in [0.29, 0.717) is 19.4 Å². The summed E-state index contributed by atoms with van der Waals surface area (Å²) in [5.74, 6) is 0.898. The van der Waals surface area contributed by atoms with Crippen molar-refractivity contribution in [1.29, 1.82) is 0 Å². The number of carbonyl (C=O) groups is 1. The average Bonchev–Trinajstić information content (AvgIpc) is 3.47. The quantitative estimate of drug-likeness (QED) is 0.0496. The highest BCUT2D eigenvalue weighted by Crippen LogP contribution is 2.45. The molecular weight excluding hydrogens is 751 g/mol. The molecule has 59 heavy (non-hydrogen) atoms. The number of nitrogens with one attached hydrogen (secondary N) is 2. The molecule has 4 rings (SSSR count). The Morgan fingerprint density at radius 1 is 0.695 bits per heavy atom. The molecule has 0 fully saturated rings. The van der Waals surface area contributed by atoms with Crippen molar-refractivity contribution in [3.63, 3.8) is 0 Å². The van der Waals surface area contributed by atoms with Gasteiger partial charge in [-0.1, -0.05) is 173 Å². The Morgan fingerprint density at radius 3 is 1.90 bits per heavy atom. The number of hydrogen-bond donors (Lipinski definition) is 2. The summed E-state index contributed by atoms with van der Waals surface area (Å²) in [6, 6.07) is 16.6. The van der Waals surface area contributed by atoms with E-state index in [1.165, 1.54) is 89.9 Å². The fraction of sp³-hybridized carbons (Fsp3) is 0.660. The van der Waals surface area contributed by atoms with Crippen LogP contribution in [0.1, 0.15) is 199 Å². The predicted octanol–water partition coefficient (Wildman–Crippen LogP) is 13.3. The van der Waals surface area contributed by atoms with Crippen molar-refractivity contribution in [2.24, 2.45) is 5.10 Å². The molecule has 2 heterocycles. The van der Waals surface area contributed by atoms with Crippen molar-refractivity contribution in [3.8, 4) is 0 Å². The third kappa shape index (κ3) is 14.9. The van der Waals surface area contributed by atoms with Gasteiger partial charge in [-0.25, -0.2) is 13.2 Å². The van der Waals surface area contributed by atoms with Gasteiger partial charge in [-0.05, 0) is 75.6 Å². The summed E-state index contributed by atoms with van der Waals surface area (Å²) < 4.78 is 26.6. The number of aryl methyl sites for hydroxylation is 1. The van der Waals surface area contributed by atoms with Gasteiger partial charge in [0.2, 0.25) is 15.9 Å². The molecule has 0 aliphatic carbocycles. The Morgan fingerprint density at radius 2 is 1.27 bits per heavy atom. The number of rotatable bonds is 31. The lowest BCUT2D eigenvalue weighted by atomic mass is 9.78. The number of sulfonamides is 1. The molecule has 1 unspecified atom stereocenters. The first-order valence-corrected chi connectivity index (χ1v) is 25.5. The van der Waals surface area contributed by atoms with Gasteiger partial charge in [0.15, 0.2) is 0 Å². The Hall–Kier alpha value is -3.46. The molecule has 2 aromatic carbocycles. The molecule has 1 atom stereocenters. The maximum Gasteiger partial charge on any atom is 0.247 e. The highest BCUT2D eigenvalue weighted by atomic mass is 32.2. The molecule has 328 valence electrons. The number of unbranched alkanes of at least 4 members (excludes halogenated alkanes) is 17. The van der Waals surface area contributed by atoms with Crippen molar-refractivity contribution in [2.75, 3.05) is 22.5 Å². The predicted molar refractivity (Wildman–Crippen MR) is 252 cm³/mol. The van der Waals surface area contributed by atoms with E-state index in [1.54, 1.807) is 0 Å². The molecule has 0 spiro atoms. The molecule has 1 aromatic heterocycles. The molecule has 0 bridgehead atoms. The van der Waals surface area contributed by atoms with Gasteiger partial charge in [-0.2, -0.15) is 5.10 Å². The number of anilines is 2. The van der Waals surface area contributed by atoms with Crippen LogP contribution in [0, 0.1) is 0 Å². The second-order valence-electron chi connectivity index (χ2n) is 17.3. The molecule has 1 amide bonds. The lowest BCUT2D eigenvalue weighted by Gasteiger charge is -2.28. The summed E-state index contributed by atoms with van der Waals surface area (Å²) >= 11 is 0. The number of nitrogens with zero attached hydrogens (tertiary/aromatic N) is 3. The van der Waals surface area contributed by atoms with Gasteiger partial charge in [-0.3, -0.25) is 9.78 Å². The molecule has 8 nitrogen and oxygen atoms in total. The highest BCUT2D eigenvalue weighted by molar-refractivity contribution is 7.89. The van der Waals surface area contributed by atoms with Crippen molar-refractivity contribution < 1.29 is 13.2 Å². The first-order valence-electron chi connectivity index (χ1n) is 23.8. The summed E-state index contributed by atoms with van der Waals surface area (Å²) in [5, 5.41) is 9.13. The second kappa shape index (κ2) is 26.0. The summed E-state index contributed by atoms with van der Waals surface area (Å²) in [5.41, 5.74) is 5.70. The maximum absolute atomic E-state index is 13.6. The van der Waals surface area contributed by atoms with Crippen LogP contribution < -0.4 is 15.0 Å². The lowest BCUT2D eigenvalue weighted by Crippen LogP contribution is -2.41. The number of pyridine rings is 1. The standard InChI is InChI=1S/C50H79N5O3S/c1-6-10-12-14-16-18-20-22-24-30-40-59(57,58)54-53-49-50(5,43-35-27-29-37-46(43)55(49)9-4)39-31-34-42-44(32-8-3)51-45-36-28-26-33-41(45)48(42)52-47(56)38-25-23-21-19-17-15-13-11-7-2/h26-29,33,35-37,54H,6-25,30-32,34,38-40H2,1-5H3,(H,51,52,56)/b53-49-. The molecule has 3 aromatic rings. The van der Waals surface area contributed by atoms with E-state index in [2.05, 4.69) is 73.9 Å². The largest absolute Gasteiger partial charge is 0.328 e. The van der Waals surface area contributed by atoms with E-state index in [-0.39, 0.29) is 11.7 Å². The van der Waals surface area contributed by atoms with E-state index in [0.717, 1.165) is 103 Å². The minimum atomic E-state index is -3.59. The molecular formula is C50H79N5O3S. The summed E-state index contributed by atoms with van der Waals surface area (Å²) in [4.78, 5) is 23.6. The zero-order chi connectivity index (χ0) is 42.4. The van der Waals surface area contributed by atoms with Gasteiger partial charge in [0, 0.05) is 29.7 Å². The van der Waals surface area contributed by atoms with Gasteiger partial charge in [0.25, 0.3) is 0 Å². The van der Waals surface area contributed by atoms with E-state index < -0.39 is 15.4 Å². The van der Waals surface area contributed by atoms with Crippen LogP contribution in [0.15, 0.2) is 53.6 Å². The van der Waals surface area contributed by atoms with Crippen molar-refractivity contribution >= 4 is 44.0 Å². The number of para-hydroxylation sites is 2. The monoisotopic (exact) mass is 830 g/mol. The van der Waals surface area contributed by atoms with Crippen LogP contribution in [0.25, 0.3) is 10.9 Å². The van der Waals surface area contributed by atoms with Crippen molar-refractivity contribution in [3.05, 3.63) is 65.4 Å². The molecule has 0 saturated heterocycles. The summed E-state index contributed by atoms with van der Waals surface area (Å²) in [6.07, 6.45) is 27.1. The fourth-order valence-electron chi connectivity index (χ4n) is 8.97. The number of amides is 1. The van der Waals surface area contributed by atoms with E-state index in [4.69, 9.17) is 10.1 Å². The smallest absolute Gasteiger partial charge is 0.247 e. The van der Waals surface area contributed by atoms with Gasteiger partial charge in [-0.15, -0.1) is 0 Å². The minimum absolute atomic E-state index is 0.0720. The van der Waals surface area contributed by atoms with Crippen LogP contribution in [-0.2, 0) is 33.1 Å². The molecule has 1 aliphatic heterocycles. The Labute approximate surface area is 359 Å². The van der Waals surface area contributed by atoms with Crippen molar-refractivity contribution in [2.45, 2.75) is 201 Å². The zero-order valence-corrected chi connectivity index (χ0v) is 38.5. The summed E-state index contributed by atoms with van der Waals surface area (Å²) in [6.45, 7) is 11.7. The van der Waals surface area contributed by atoms with Gasteiger partial charge >= 0.3 is 0 Å². The van der Waals surface area contributed by atoms with Crippen LogP contribution in [0.2, 0.25) is 0 Å².